The number of H-pyrrole nitrogens is 1. The van der Waals surface area contributed by atoms with Gasteiger partial charge in [0.2, 0.25) is 0 Å². The molecule has 16 heavy (non-hydrogen) atoms. The van der Waals surface area contributed by atoms with Crippen molar-refractivity contribution in [3.8, 4) is 11.5 Å². The van der Waals surface area contributed by atoms with E-state index in [4.69, 9.17) is 16.0 Å². The van der Waals surface area contributed by atoms with E-state index in [2.05, 4.69) is 30.9 Å². The highest BCUT2D eigenvalue weighted by molar-refractivity contribution is 9.10. The monoisotopic (exact) mass is 297 g/mol. The molecular formula is C10H5BrClN3O. The Kier molecular flexibility index (Phi) is 2.22. The number of fused-ring (bicyclic) bond motifs is 1. The number of nitrogens with one attached hydrogen (secondary N) is 1. The van der Waals surface area contributed by atoms with Crippen molar-refractivity contribution in [2.24, 2.45) is 0 Å². The summed E-state index contributed by atoms with van der Waals surface area (Å²) < 4.78 is 5.95. The third-order valence-electron chi connectivity index (χ3n) is 2.26. The molecule has 0 fully saturated rings. The molecule has 3 aromatic rings. The molecule has 0 aliphatic rings. The highest BCUT2D eigenvalue weighted by atomic mass is 79.9. The molecule has 0 aliphatic carbocycles. The minimum absolute atomic E-state index is 0.590. The summed E-state index contributed by atoms with van der Waals surface area (Å²) in [6.07, 6.45) is 4.68. The van der Waals surface area contributed by atoms with E-state index < -0.39 is 0 Å². The first kappa shape index (κ1) is 9.86. The number of hydrogen-bond acceptors (Lipinski definition) is 3. The predicted molar refractivity (Wildman–Crippen MR) is 64.3 cm³/mol. The zero-order valence-corrected chi connectivity index (χ0v) is 10.2. The maximum absolute atomic E-state index is 6.23. The molecule has 0 saturated heterocycles. The Balaban J connectivity index is 2.31. The summed E-state index contributed by atoms with van der Waals surface area (Å²) in [6.45, 7) is 0. The second-order valence-electron chi connectivity index (χ2n) is 3.23. The van der Waals surface area contributed by atoms with Crippen LogP contribution in [0.15, 0.2) is 33.9 Å². The van der Waals surface area contributed by atoms with E-state index in [0.29, 0.717) is 16.5 Å². The number of aromatic nitrogens is 3. The minimum atomic E-state index is 0.590. The molecule has 0 unspecified atom stereocenters. The quantitative estimate of drug-likeness (QED) is 0.698. The molecule has 3 rings (SSSR count). The normalized spacial score (nSPS) is 11.1. The van der Waals surface area contributed by atoms with E-state index in [1.54, 1.807) is 12.4 Å². The van der Waals surface area contributed by atoms with Gasteiger partial charge < -0.3 is 9.40 Å². The van der Waals surface area contributed by atoms with Gasteiger partial charge in [-0.25, -0.2) is 9.97 Å². The summed E-state index contributed by atoms with van der Waals surface area (Å²) in [5.41, 5.74) is 1.62. The molecular weight excluding hydrogens is 293 g/mol. The lowest BCUT2D eigenvalue weighted by Gasteiger charge is -1.90. The smallest absolute Gasteiger partial charge is 0.181 e. The molecule has 0 amide bonds. The average molecular weight is 299 g/mol. The Labute approximate surface area is 104 Å². The molecule has 0 aliphatic heterocycles. The number of oxazole rings is 1. The van der Waals surface area contributed by atoms with Gasteiger partial charge in [-0.1, -0.05) is 11.6 Å². The van der Waals surface area contributed by atoms with Crippen LogP contribution in [0.5, 0.6) is 0 Å². The number of pyridine rings is 1. The largest absolute Gasteiger partial charge is 0.442 e. The first-order valence-corrected chi connectivity index (χ1v) is 5.64. The van der Waals surface area contributed by atoms with E-state index >= 15 is 0 Å². The lowest BCUT2D eigenvalue weighted by Crippen LogP contribution is -1.74. The van der Waals surface area contributed by atoms with Crippen molar-refractivity contribution < 1.29 is 4.42 Å². The van der Waals surface area contributed by atoms with Crippen molar-refractivity contribution >= 4 is 38.4 Å². The van der Waals surface area contributed by atoms with Gasteiger partial charge in [0.1, 0.15) is 10.3 Å². The van der Waals surface area contributed by atoms with Crippen LogP contribution in [0.2, 0.25) is 5.02 Å². The van der Waals surface area contributed by atoms with Crippen molar-refractivity contribution in [1.82, 2.24) is 15.0 Å². The third kappa shape index (κ3) is 1.44. The van der Waals surface area contributed by atoms with Crippen LogP contribution in [0.1, 0.15) is 0 Å². The maximum atomic E-state index is 6.23. The lowest BCUT2D eigenvalue weighted by molar-refractivity contribution is 0.570. The average Bonchev–Trinajstić information content (AvgIpc) is 2.86. The number of halogens is 2. The molecule has 0 bridgehead atoms. The van der Waals surface area contributed by atoms with E-state index in [1.807, 2.05) is 6.07 Å². The van der Waals surface area contributed by atoms with Gasteiger partial charge in [-0.15, -0.1) is 0 Å². The summed E-state index contributed by atoms with van der Waals surface area (Å²) >= 11 is 9.53. The Hall–Kier alpha value is -1.33. The molecule has 4 nitrogen and oxygen atoms in total. The first-order chi connectivity index (χ1) is 7.75. The van der Waals surface area contributed by atoms with Crippen LogP contribution in [0.25, 0.3) is 22.4 Å². The topological polar surface area (TPSA) is 54.7 Å². The van der Waals surface area contributed by atoms with Crippen molar-refractivity contribution in [2.75, 3.05) is 0 Å². The van der Waals surface area contributed by atoms with Gasteiger partial charge in [0.15, 0.2) is 12.2 Å². The van der Waals surface area contributed by atoms with Gasteiger partial charge in [0, 0.05) is 11.6 Å². The molecule has 1 N–H and O–H groups in total. The summed E-state index contributed by atoms with van der Waals surface area (Å²) in [6, 6.07) is 1.86. The zero-order valence-electron chi connectivity index (χ0n) is 7.87. The second-order valence-corrected chi connectivity index (χ2v) is 4.42. The molecule has 0 aromatic carbocycles. The number of hydrogen-bond donors (Lipinski definition) is 1. The molecule has 0 atom stereocenters. The Morgan fingerprint density at radius 3 is 3.00 bits per heavy atom. The van der Waals surface area contributed by atoms with Gasteiger partial charge >= 0.3 is 0 Å². The predicted octanol–water partition coefficient (Wildman–Crippen LogP) is 3.63. The molecule has 3 aromatic heterocycles. The Morgan fingerprint density at radius 2 is 2.25 bits per heavy atom. The Bertz CT molecular complexity index is 647. The number of nitrogens with zero attached hydrogens (tertiary/aromatic N) is 2. The number of aromatic amines is 1. The molecule has 6 heteroatoms. The SMILES string of the molecule is Clc1c(-c2cnco2)[nH]c2cc(Br)ncc12. The van der Waals surface area contributed by atoms with Gasteiger partial charge in [0.05, 0.1) is 16.7 Å². The van der Waals surface area contributed by atoms with Crippen molar-refractivity contribution in [2.45, 2.75) is 0 Å². The summed E-state index contributed by atoms with van der Waals surface area (Å²) in [5, 5.41) is 1.45. The van der Waals surface area contributed by atoms with Gasteiger partial charge in [-0.2, -0.15) is 0 Å². The van der Waals surface area contributed by atoms with Crippen LogP contribution in [-0.2, 0) is 0 Å². The summed E-state index contributed by atoms with van der Waals surface area (Å²) in [4.78, 5) is 11.2. The summed E-state index contributed by atoms with van der Waals surface area (Å²) in [7, 11) is 0. The molecule has 80 valence electrons. The fourth-order valence-corrected chi connectivity index (χ4v) is 2.16. The van der Waals surface area contributed by atoms with Crippen LogP contribution in [-0.4, -0.2) is 15.0 Å². The Morgan fingerprint density at radius 1 is 1.38 bits per heavy atom. The molecule has 3 heterocycles. The van der Waals surface area contributed by atoms with Gasteiger partial charge in [0.25, 0.3) is 0 Å². The standard InChI is InChI=1S/C10H5BrClN3O/c11-8-1-6-5(2-14-8)9(12)10(15-6)7-3-13-4-16-7/h1-4,15H. The number of rotatable bonds is 1. The van der Waals surface area contributed by atoms with Crippen LogP contribution in [0.3, 0.4) is 0 Å². The fourth-order valence-electron chi connectivity index (χ4n) is 1.54. The molecule has 0 spiro atoms. The van der Waals surface area contributed by atoms with Crippen LogP contribution in [0.4, 0.5) is 0 Å². The van der Waals surface area contributed by atoms with E-state index in [9.17, 15) is 0 Å². The van der Waals surface area contributed by atoms with E-state index in [1.165, 1.54) is 6.39 Å². The third-order valence-corrected chi connectivity index (χ3v) is 3.09. The van der Waals surface area contributed by atoms with Gasteiger partial charge in [-0.3, -0.25) is 0 Å². The van der Waals surface area contributed by atoms with Gasteiger partial charge in [-0.05, 0) is 22.0 Å². The zero-order chi connectivity index (χ0) is 11.1. The highest BCUT2D eigenvalue weighted by Gasteiger charge is 2.14. The summed E-state index contributed by atoms with van der Waals surface area (Å²) in [5.74, 6) is 0.609. The minimum Gasteiger partial charge on any atom is -0.442 e. The van der Waals surface area contributed by atoms with Crippen LogP contribution in [0, 0.1) is 0 Å². The van der Waals surface area contributed by atoms with Crippen LogP contribution >= 0.6 is 27.5 Å². The fraction of sp³-hybridized carbons (Fsp3) is 0. The highest BCUT2D eigenvalue weighted by Crippen LogP contribution is 2.34. The van der Waals surface area contributed by atoms with Crippen molar-refractivity contribution in [3.63, 3.8) is 0 Å². The van der Waals surface area contributed by atoms with Crippen molar-refractivity contribution in [3.05, 3.63) is 34.5 Å². The first-order valence-electron chi connectivity index (χ1n) is 4.47. The van der Waals surface area contributed by atoms with E-state index in [-0.39, 0.29) is 0 Å². The van der Waals surface area contributed by atoms with Crippen molar-refractivity contribution in [1.29, 1.82) is 0 Å². The molecule has 0 saturated carbocycles. The van der Waals surface area contributed by atoms with E-state index in [0.717, 1.165) is 15.5 Å². The maximum Gasteiger partial charge on any atom is 0.181 e. The van der Waals surface area contributed by atoms with Crippen LogP contribution < -0.4 is 0 Å². The lowest BCUT2D eigenvalue weighted by atomic mass is 10.3. The second kappa shape index (κ2) is 3.61. The molecule has 0 radical (unpaired) electrons.